The molecule has 0 aromatic heterocycles. The van der Waals surface area contributed by atoms with E-state index in [0.29, 0.717) is 19.3 Å². The van der Waals surface area contributed by atoms with Crippen molar-refractivity contribution >= 4 is 5.97 Å². The molecular weight excluding hydrogens is 359 g/mol. The third-order valence-corrected chi connectivity index (χ3v) is 9.38. The molecule has 4 fully saturated rings. The molecule has 0 aromatic carbocycles. The third kappa shape index (κ3) is 2.53. The molecule has 4 aliphatic rings. The van der Waals surface area contributed by atoms with Crippen molar-refractivity contribution in [3.05, 3.63) is 0 Å². The van der Waals surface area contributed by atoms with Crippen LogP contribution < -0.4 is 0 Å². The summed E-state index contributed by atoms with van der Waals surface area (Å²) in [5.41, 5.74) is -1.73. The molecule has 0 heterocycles. The van der Waals surface area contributed by atoms with E-state index >= 15 is 4.39 Å². The highest BCUT2D eigenvalue weighted by Gasteiger charge is 2.67. The van der Waals surface area contributed by atoms with Crippen LogP contribution in [0.15, 0.2) is 0 Å². The minimum Gasteiger partial charge on any atom is -0.459 e. The highest BCUT2D eigenvalue weighted by atomic mass is 19.1. The fourth-order valence-corrected chi connectivity index (χ4v) is 7.79. The van der Waals surface area contributed by atoms with E-state index in [9.17, 15) is 15.0 Å². The molecule has 0 aromatic rings. The quantitative estimate of drug-likeness (QED) is 0.531. The molecule has 2 N–H and O–H groups in total. The summed E-state index contributed by atoms with van der Waals surface area (Å²) in [6.07, 6.45) is 7.91. The fourth-order valence-electron chi connectivity index (χ4n) is 7.79. The summed E-state index contributed by atoms with van der Waals surface area (Å²) < 4.78 is 20.6. The largest absolute Gasteiger partial charge is 0.459 e. The van der Waals surface area contributed by atoms with Gasteiger partial charge in [-0.1, -0.05) is 19.8 Å². The third-order valence-electron chi connectivity index (χ3n) is 9.38. The molecule has 4 aliphatic carbocycles. The van der Waals surface area contributed by atoms with Gasteiger partial charge in [0.15, 0.2) is 0 Å². The maximum atomic E-state index is 15.4. The van der Waals surface area contributed by atoms with Crippen LogP contribution in [0.3, 0.4) is 0 Å². The number of aliphatic hydroxyl groups excluding tert-OH is 1. The zero-order chi connectivity index (χ0) is 20.5. The fraction of sp³-hybridized carbons (Fsp3) is 0.870. The lowest BCUT2D eigenvalue weighted by atomic mass is 9.43. The second-order valence-corrected chi connectivity index (χ2v) is 10.3. The van der Waals surface area contributed by atoms with Crippen molar-refractivity contribution in [2.45, 2.75) is 89.7 Å². The van der Waals surface area contributed by atoms with Crippen molar-refractivity contribution in [1.82, 2.24) is 0 Å². The van der Waals surface area contributed by atoms with Crippen molar-refractivity contribution < 1.29 is 24.1 Å². The summed E-state index contributed by atoms with van der Waals surface area (Å²) in [5, 5.41) is 22.2. The molecule has 0 saturated heterocycles. The van der Waals surface area contributed by atoms with Gasteiger partial charge in [-0.3, -0.25) is 4.79 Å². The summed E-state index contributed by atoms with van der Waals surface area (Å²) in [4.78, 5) is 11.4. The van der Waals surface area contributed by atoms with Crippen molar-refractivity contribution in [2.75, 3.05) is 0 Å². The van der Waals surface area contributed by atoms with Gasteiger partial charge < -0.3 is 14.9 Å². The smallest absolute Gasteiger partial charge is 0.303 e. The predicted molar refractivity (Wildman–Crippen MR) is 103 cm³/mol. The first-order chi connectivity index (χ1) is 13.1. The van der Waals surface area contributed by atoms with E-state index in [-0.39, 0.29) is 29.1 Å². The van der Waals surface area contributed by atoms with Crippen LogP contribution in [0.25, 0.3) is 0 Å². The molecule has 4 nitrogen and oxygen atoms in total. The Balaban J connectivity index is 1.64. The van der Waals surface area contributed by atoms with Crippen molar-refractivity contribution in [3.8, 4) is 12.3 Å². The van der Waals surface area contributed by atoms with Gasteiger partial charge in [0.2, 0.25) is 0 Å². The number of terminal acetylenes is 1. The van der Waals surface area contributed by atoms with Crippen LogP contribution in [-0.2, 0) is 9.53 Å². The molecule has 4 saturated carbocycles. The average Bonchev–Trinajstić information content (AvgIpc) is 2.91. The first-order valence-corrected chi connectivity index (χ1v) is 10.8. The van der Waals surface area contributed by atoms with Crippen LogP contribution in [-0.4, -0.2) is 40.2 Å². The molecule has 1 unspecified atom stereocenters. The number of esters is 1. The number of ether oxygens (including phenoxy) is 1. The molecule has 0 aliphatic heterocycles. The maximum absolute atomic E-state index is 15.4. The summed E-state index contributed by atoms with van der Waals surface area (Å²) in [5.74, 6) is 2.30. The van der Waals surface area contributed by atoms with Gasteiger partial charge in [0.25, 0.3) is 0 Å². The lowest BCUT2D eigenvalue weighted by Gasteiger charge is -2.63. The predicted octanol–water partition coefficient (Wildman–Crippen LogP) is 3.24. The summed E-state index contributed by atoms with van der Waals surface area (Å²) >= 11 is 0. The lowest BCUT2D eigenvalue weighted by Crippen LogP contribution is -2.62. The van der Waals surface area contributed by atoms with E-state index in [2.05, 4.69) is 19.8 Å². The average molecular weight is 393 g/mol. The molecule has 156 valence electrons. The molecule has 10 atom stereocenters. The van der Waals surface area contributed by atoms with E-state index in [1.807, 2.05) is 0 Å². The van der Waals surface area contributed by atoms with Crippen LogP contribution in [0.1, 0.15) is 65.7 Å². The second-order valence-electron chi connectivity index (χ2n) is 10.3. The first-order valence-electron chi connectivity index (χ1n) is 10.8. The SMILES string of the molecule is C#C[C@]1(O)CC[C@H]2[C@@H]3[C@@H](O)CC4[C@@H](F)[C@@H](OC(C)=O)CC[C@]4(C)[C@H]3CC[C@@]21C. The number of aliphatic hydroxyl groups is 2. The molecule has 0 spiro atoms. The van der Waals surface area contributed by atoms with E-state index in [4.69, 9.17) is 11.2 Å². The number of rotatable bonds is 1. The van der Waals surface area contributed by atoms with Gasteiger partial charge in [-0.25, -0.2) is 4.39 Å². The normalized spacial score (nSPS) is 55.4. The molecule has 0 amide bonds. The van der Waals surface area contributed by atoms with Crippen molar-refractivity contribution in [3.63, 3.8) is 0 Å². The van der Waals surface area contributed by atoms with Crippen molar-refractivity contribution in [1.29, 1.82) is 0 Å². The number of carbonyl (C=O) groups excluding carboxylic acids is 1. The molecule has 28 heavy (non-hydrogen) atoms. The van der Waals surface area contributed by atoms with E-state index in [0.717, 1.165) is 25.7 Å². The minimum atomic E-state index is -1.24. The van der Waals surface area contributed by atoms with Crippen LogP contribution in [0.5, 0.6) is 0 Å². The topological polar surface area (TPSA) is 66.8 Å². The second kappa shape index (κ2) is 6.44. The van der Waals surface area contributed by atoms with Gasteiger partial charge >= 0.3 is 5.97 Å². The zero-order valence-electron chi connectivity index (χ0n) is 17.2. The highest BCUT2D eigenvalue weighted by molar-refractivity contribution is 5.66. The number of fused-ring (bicyclic) bond motifs is 5. The Kier molecular flexibility index (Phi) is 4.64. The van der Waals surface area contributed by atoms with Crippen LogP contribution in [0.2, 0.25) is 0 Å². The highest BCUT2D eigenvalue weighted by Crippen LogP contribution is 2.68. The Morgan fingerprint density at radius 3 is 2.46 bits per heavy atom. The summed E-state index contributed by atoms with van der Waals surface area (Å²) in [6.45, 7) is 5.57. The van der Waals surface area contributed by atoms with Crippen molar-refractivity contribution in [2.24, 2.45) is 34.5 Å². The Bertz CT molecular complexity index is 703. The number of halogens is 1. The summed E-state index contributed by atoms with van der Waals surface area (Å²) in [7, 11) is 0. The minimum absolute atomic E-state index is 0.0415. The van der Waals surface area contributed by atoms with Gasteiger partial charge in [0.1, 0.15) is 17.9 Å². The van der Waals surface area contributed by atoms with Gasteiger partial charge in [-0.2, -0.15) is 0 Å². The van der Waals surface area contributed by atoms with Gasteiger partial charge in [-0.15, -0.1) is 6.42 Å². The number of hydrogen-bond donors (Lipinski definition) is 2. The Morgan fingerprint density at radius 2 is 1.82 bits per heavy atom. The molecule has 0 bridgehead atoms. The van der Waals surface area contributed by atoms with Gasteiger partial charge in [-0.05, 0) is 68.1 Å². The van der Waals surface area contributed by atoms with Gasteiger partial charge in [0, 0.05) is 18.3 Å². The van der Waals surface area contributed by atoms with Gasteiger partial charge in [0.05, 0.1) is 6.10 Å². The zero-order valence-corrected chi connectivity index (χ0v) is 17.2. The summed E-state index contributed by atoms with van der Waals surface area (Å²) in [6, 6.07) is 0. The Labute approximate surface area is 167 Å². The van der Waals surface area contributed by atoms with Crippen LogP contribution >= 0.6 is 0 Å². The number of hydrogen-bond acceptors (Lipinski definition) is 4. The Hall–Kier alpha value is -1.12. The van der Waals surface area contributed by atoms with E-state index in [1.54, 1.807) is 0 Å². The molecular formula is C23H33FO4. The number of carbonyl (C=O) groups is 1. The number of alkyl halides is 1. The molecule has 5 heteroatoms. The molecule has 4 rings (SSSR count). The van der Waals surface area contributed by atoms with E-state index in [1.165, 1.54) is 6.92 Å². The van der Waals surface area contributed by atoms with Crippen LogP contribution in [0.4, 0.5) is 4.39 Å². The first kappa shape index (κ1) is 20.2. The van der Waals surface area contributed by atoms with E-state index < -0.39 is 35.4 Å². The maximum Gasteiger partial charge on any atom is 0.303 e. The van der Waals surface area contributed by atoms with Crippen LogP contribution in [0, 0.1) is 46.8 Å². The monoisotopic (exact) mass is 392 g/mol. The Morgan fingerprint density at radius 1 is 1.14 bits per heavy atom. The standard InChI is InChI=1S/C23H33FO4/c1-5-23(27)11-7-15-19-14(6-10-22(15,23)4)21(3)9-8-18(28-13(2)25)20(24)16(21)12-17(19)26/h1,14-20,26-27H,6-12H2,2-4H3/t14-,15-,16?,17-,18-,19+,20+,21+,22-,23-/m0/s1. The molecule has 0 radical (unpaired) electrons. The lowest BCUT2D eigenvalue weighted by molar-refractivity contribution is -0.206.